The molecule has 0 aliphatic carbocycles. The molecule has 1 aliphatic heterocycles. The minimum Gasteiger partial charge on any atom is -0.392 e. The van der Waals surface area contributed by atoms with Crippen LogP contribution in [0.1, 0.15) is 18.9 Å². The number of hydrogen-bond donors (Lipinski definition) is 1. The van der Waals surface area contributed by atoms with Gasteiger partial charge < -0.3 is 10.0 Å². The van der Waals surface area contributed by atoms with Crippen molar-refractivity contribution in [1.29, 1.82) is 0 Å². The molecule has 0 atom stereocenters. The number of rotatable bonds is 4. The molecule has 0 spiro atoms. The van der Waals surface area contributed by atoms with E-state index in [2.05, 4.69) is 33.8 Å². The summed E-state index contributed by atoms with van der Waals surface area (Å²) in [5.74, 6) is 1.05. The Labute approximate surface area is 126 Å². The fraction of sp³-hybridized carbons (Fsp3) is 0.471. The number of aliphatic hydroxyl groups is 1. The van der Waals surface area contributed by atoms with Gasteiger partial charge in [0.15, 0.2) is 0 Å². The van der Waals surface area contributed by atoms with Gasteiger partial charge in [0.25, 0.3) is 0 Å². The van der Waals surface area contributed by atoms with Crippen LogP contribution in [-0.4, -0.2) is 47.7 Å². The van der Waals surface area contributed by atoms with E-state index in [1.165, 1.54) is 13.0 Å². The van der Waals surface area contributed by atoms with E-state index in [9.17, 15) is 5.11 Å². The van der Waals surface area contributed by atoms with E-state index in [1.807, 2.05) is 18.3 Å². The summed E-state index contributed by atoms with van der Waals surface area (Å²) in [6.45, 7) is 7.71. The Hall–Kier alpha value is -1.65. The second-order valence-electron chi connectivity index (χ2n) is 5.64. The number of anilines is 1. The van der Waals surface area contributed by atoms with Gasteiger partial charge in [-0.15, -0.1) is 0 Å². The van der Waals surface area contributed by atoms with Gasteiger partial charge in [-0.3, -0.25) is 4.90 Å². The maximum Gasteiger partial charge on any atom is 0.136 e. The van der Waals surface area contributed by atoms with Gasteiger partial charge in [0, 0.05) is 43.3 Å². The lowest BCUT2D eigenvalue weighted by molar-refractivity contribution is 0.258. The molecule has 3 rings (SSSR count). The second kappa shape index (κ2) is 6.41. The molecule has 1 aromatic heterocycles. The minimum atomic E-state index is 0.0398. The van der Waals surface area contributed by atoms with Crippen molar-refractivity contribution in [2.75, 3.05) is 37.6 Å². The zero-order valence-corrected chi connectivity index (χ0v) is 12.6. The van der Waals surface area contributed by atoms with Crippen LogP contribution in [0.2, 0.25) is 0 Å². The second-order valence-corrected chi connectivity index (χ2v) is 5.64. The number of aromatic nitrogens is 1. The first kappa shape index (κ1) is 14.3. The van der Waals surface area contributed by atoms with Crippen molar-refractivity contribution in [2.45, 2.75) is 20.0 Å². The third-order valence-corrected chi connectivity index (χ3v) is 4.24. The molecule has 4 heteroatoms. The molecule has 0 bridgehead atoms. The molecule has 1 aromatic carbocycles. The largest absolute Gasteiger partial charge is 0.392 e. The van der Waals surface area contributed by atoms with E-state index in [1.54, 1.807) is 0 Å². The highest BCUT2D eigenvalue weighted by atomic mass is 16.3. The third-order valence-electron chi connectivity index (χ3n) is 4.24. The lowest BCUT2D eigenvalue weighted by Crippen LogP contribution is -2.46. The molecular formula is C17H23N3O. The van der Waals surface area contributed by atoms with Gasteiger partial charge >= 0.3 is 0 Å². The summed E-state index contributed by atoms with van der Waals surface area (Å²) in [6, 6.07) is 8.24. The predicted molar refractivity (Wildman–Crippen MR) is 86.6 cm³/mol. The Morgan fingerprint density at radius 3 is 2.48 bits per heavy atom. The van der Waals surface area contributed by atoms with E-state index in [-0.39, 0.29) is 6.61 Å². The molecule has 21 heavy (non-hydrogen) atoms. The number of fused-ring (bicyclic) bond motifs is 1. The fourth-order valence-electron chi connectivity index (χ4n) is 3.11. The zero-order chi connectivity index (χ0) is 14.7. The first-order chi connectivity index (χ1) is 10.3. The molecule has 0 saturated carbocycles. The van der Waals surface area contributed by atoms with Crippen molar-refractivity contribution < 1.29 is 5.11 Å². The van der Waals surface area contributed by atoms with Crippen LogP contribution in [-0.2, 0) is 6.61 Å². The van der Waals surface area contributed by atoms with Crippen molar-refractivity contribution in [1.82, 2.24) is 9.88 Å². The number of benzene rings is 1. The average molecular weight is 285 g/mol. The van der Waals surface area contributed by atoms with Gasteiger partial charge in [0.2, 0.25) is 0 Å². The summed E-state index contributed by atoms with van der Waals surface area (Å²) in [4.78, 5) is 9.51. The van der Waals surface area contributed by atoms with Crippen LogP contribution in [0.15, 0.2) is 30.5 Å². The molecule has 0 amide bonds. The van der Waals surface area contributed by atoms with Crippen LogP contribution in [0.4, 0.5) is 5.82 Å². The first-order valence-corrected chi connectivity index (χ1v) is 7.78. The first-order valence-electron chi connectivity index (χ1n) is 7.78. The number of hydrogen-bond acceptors (Lipinski definition) is 4. The summed E-state index contributed by atoms with van der Waals surface area (Å²) in [7, 11) is 0. The van der Waals surface area contributed by atoms with E-state index < -0.39 is 0 Å². The Bertz CT molecular complexity index is 606. The van der Waals surface area contributed by atoms with Crippen LogP contribution >= 0.6 is 0 Å². The van der Waals surface area contributed by atoms with Gasteiger partial charge in [0.1, 0.15) is 5.82 Å². The normalized spacial score (nSPS) is 16.6. The predicted octanol–water partition coefficient (Wildman–Crippen LogP) is 2.26. The van der Waals surface area contributed by atoms with Crippen molar-refractivity contribution in [3.05, 3.63) is 36.0 Å². The standard InChI is InChI=1S/C17H23N3O/c1-2-7-19-8-10-20(11-9-19)17-16-6-4-3-5-15(16)14(13-21)12-18-17/h3-6,12,21H,2,7-11,13H2,1H3. The van der Waals surface area contributed by atoms with E-state index in [0.29, 0.717) is 0 Å². The van der Waals surface area contributed by atoms with E-state index in [4.69, 9.17) is 0 Å². The smallest absolute Gasteiger partial charge is 0.136 e. The number of aliphatic hydroxyl groups excluding tert-OH is 1. The highest BCUT2D eigenvalue weighted by Gasteiger charge is 2.19. The van der Waals surface area contributed by atoms with Crippen LogP contribution in [0, 0.1) is 0 Å². The Morgan fingerprint density at radius 2 is 1.81 bits per heavy atom. The minimum absolute atomic E-state index is 0.0398. The molecule has 4 nitrogen and oxygen atoms in total. The summed E-state index contributed by atoms with van der Waals surface area (Å²) in [5, 5.41) is 11.7. The SMILES string of the molecule is CCCN1CCN(c2ncc(CO)c3ccccc23)CC1. The molecule has 2 heterocycles. The maximum atomic E-state index is 9.47. The van der Waals surface area contributed by atoms with Crippen molar-refractivity contribution in [3.8, 4) is 0 Å². The van der Waals surface area contributed by atoms with Crippen LogP contribution in [0.3, 0.4) is 0 Å². The molecule has 112 valence electrons. The lowest BCUT2D eigenvalue weighted by Gasteiger charge is -2.35. The van der Waals surface area contributed by atoms with Crippen LogP contribution in [0.5, 0.6) is 0 Å². The summed E-state index contributed by atoms with van der Waals surface area (Å²) in [5.41, 5.74) is 0.902. The number of piperazine rings is 1. The quantitative estimate of drug-likeness (QED) is 0.935. The van der Waals surface area contributed by atoms with Crippen molar-refractivity contribution in [2.24, 2.45) is 0 Å². The summed E-state index contributed by atoms with van der Waals surface area (Å²) in [6.07, 6.45) is 3.03. The van der Waals surface area contributed by atoms with E-state index >= 15 is 0 Å². The molecule has 1 N–H and O–H groups in total. The number of nitrogens with zero attached hydrogens (tertiary/aromatic N) is 3. The van der Waals surface area contributed by atoms with Crippen LogP contribution < -0.4 is 4.90 Å². The maximum absolute atomic E-state index is 9.47. The van der Waals surface area contributed by atoms with E-state index in [0.717, 1.165) is 48.3 Å². The molecule has 1 aliphatic rings. The van der Waals surface area contributed by atoms with Gasteiger partial charge in [-0.2, -0.15) is 0 Å². The Kier molecular flexibility index (Phi) is 4.36. The van der Waals surface area contributed by atoms with Crippen molar-refractivity contribution >= 4 is 16.6 Å². The molecule has 1 saturated heterocycles. The lowest BCUT2D eigenvalue weighted by atomic mass is 10.1. The highest BCUT2D eigenvalue weighted by Crippen LogP contribution is 2.27. The molecule has 2 aromatic rings. The summed E-state index contributed by atoms with van der Waals surface area (Å²) < 4.78 is 0. The van der Waals surface area contributed by atoms with Crippen LogP contribution in [0.25, 0.3) is 10.8 Å². The molecule has 0 unspecified atom stereocenters. The molecule has 1 fully saturated rings. The van der Waals surface area contributed by atoms with Crippen molar-refractivity contribution in [3.63, 3.8) is 0 Å². The zero-order valence-electron chi connectivity index (χ0n) is 12.6. The van der Waals surface area contributed by atoms with Gasteiger partial charge in [0.05, 0.1) is 6.61 Å². The monoisotopic (exact) mass is 285 g/mol. The fourth-order valence-corrected chi connectivity index (χ4v) is 3.11. The molecule has 0 radical (unpaired) electrons. The van der Waals surface area contributed by atoms with Gasteiger partial charge in [-0.05, 0) is 18.4 Å². The Morgan fingerprint density at radius 1 is 1.10 bits per heavy atom. The van der Waals surface area contributed by atoms with Gasteiger partial charge in [-0.25, -0.2) is 4.98 Å². The summed E-state index contributed by atoms with van der Waals surface area (Å²) >= 11 is 0. The number of pyridine rings is 1. The highest BCUT2D eigenvalue weighted by molar-refractivity contribution is 5.94. The third kappa shape index (κ3) is 2.87. The topological polar surface area (TPSA) is 39.6 Å². The average Bonchev–Trinajstić information content (AvgIpc) is 2.55. The molecular weight excluding hydrogens is 262 g/mol. The van der Waals surface area contributed by atoms with Gasteiger partial charge in [-0.1, -0.05) is 31.2 Å². The Balaban J connectivity index is 1.88.